The smallest absolute Gasteiger partial charge is 0.407 e. The molecule has 0 aromatic heterocycles. The first-order valence-electron chi connectivity index (χ1n) is 11.6. The van der Waals surface area contributed by atoms with E-state index in [1.54, 1.807) is 19.2 Å². The fraction of sp³-hybridized carbons (Fsp3) is 0.250. The number of ether oxygens (including phenoxy) is 1. The summed E-state index contributed by atoms with van der Waals surface area (Å²) in [5.74, 6) is -1.17. The van der Waals surface area contributed by atoms with Crippen molar-refractivity contribution >= 4 is 23.7 Å². The molecule has 0 saturated heterocycles. The Balaban J connectivity index is 1.11. The summed E-state index contributed by atoms with van der Waals surface area (Å²) in [5, 5.41) is 11.8. The Morgan fingerprint density at radius 1 is 0.943 bits per heavy atom. The number of alkyl carbamates (subject to hydrolysis) is 1. The molecule has 2 atom stereocenters. The van der Waals surface area contributed by atoms with E-state index >= 15 is 0 Å². The minimum atomic E-state index is -1.01. The van der Waals surface area contributed by atoms with Gasteiger partial charge in [0.25, 0.3) is 0 Å². The molecule has 5 rings (SSSR count). The monoisotopic (exact) mass is 470 g/mol. The molecule has 0 aliphatic heterocycles. The van der Waals surface area contributed by atoms with Gasteiger partial charge in [-0.1, -0.05) is 48.5 Å². The fourth-order valence-electron chi connectivity index (χ4n) is 4.84. The molecule has 3 aromatic rings. The van der Waals surface area contributed by atoms with E-state index in [0.717, 1.165) is 11.1 Å². The topological polar surface area (TPSA) is 95.9 Å². The molecule has 2 aliphatic rings. The van der Waals surface area contributed by atoms with Gasteiger partial charge in [0.05, 0.1) is 5.56 Å². The van der Waals surface area contributed by atoms with Gasteiger partial charge in [-0.3, -0.25) is 4.79 Å². The molecule has 7 heteroatoms. The van der Waals surface area contributed by atoms with Crippen molar-refractivity contribution in [3.8, 4) is 11.1 Å². The Labute approximate surface area is 203 Å². The van der Waals surface area contributed by atoms with E-state index in [2.05, 4.69) is 29.6 Å². The number of anilines is 1. The van der Waals surface area contributed by atoms with E-state index in [1.807, 2.05) is 24.3 Å². The number of benzene rings is 3. The van der Waals surface area contributed by atoms with Crippen LogP contribution in [0.5, 0.6) is 0 Å². The highest BCUT2D eigenvalue weighted by atomic mass is 16.5. The zero-order valence-corrected chi connectivity index (χ0v) is 19.3. The van der Waals surface area contributed by atoms with Crippen LogP contribution in [0.2, 0.25) is 0 Å². The Hall–Kier alpha value is -4.13. The summed E-state index contributed by atoms with van der Waals surface area (Å²) in [7, 11) is 1.67. The summed E-state index contributed by atoms with van der Waals surface area (Å²) in [4.78, 5) is 37.7. The molecule has 2 unspecified atom stereocenters. The van der Waals surface area contributed by atoms with Crippen LogP contribution < -0.4 is 10.2 Å². The maximum Gasteiger partial charge on any atom is 0.407 e. The number of hydrogen-bond donors (Lipinski definition) is 2. The number of carbonyl (C=O) groups excluding carboxylic acids is 2. The molecular weight excluding hydrogens is 444 g/mol. The van der Waals surface area contributed by atoms with Crippen molar-refractivity contribution in [3.05, 3.63) is 89.5 Å². The second-order valence-corrected chi connectivity index (χ2v) is 9.06. The first kappa shape index (κ1) is 22.7. The summed E-state index contributed by atoms with van der Waals surface area (Å²) in [5.41, 5.74) is 5.49. The van der Waals surface area contributed by atoms with Crippen LogP contribution >= 0.6 is 0 Å². The van der Waals surface area contributed by atoms with E-state index < -0.39 is 12.1 Å². The van der Waals surface area contributed by atoms with Gasteiger partial charge in [0.15, 0.2) is 0 Å². The normalized spacial score (nSPS) is 17.7. The molecule has 0 heterocycles. The average Bonchev–Trinajstić information content (AvgIpc) is 3.60. The molecule has 1 saturated carbocycles. The molecule has 35 heavy (non-hydrogen) atoms. The van der Waals surface area contributed by atoms with Crippen LogP contribution in [0.1, 0.15) is 33.8 Å². The number of rotatable bonds is 7. The lowest BCUT2D eigenvalue weighted by molar-refractivity contribution is -0.119. The van der Waals surface area contributed by atoms with Gasteiger partial charge < -0.3 is 20.1 Å². The summed E-state index contributed by atoms with van der Waals surface area (Å²) >= 11 is 0. The average molecular weight is 471 g/mol. The van der Waals surface area contributed by atoms with Gasteiger partial charge in [-0.2, -0.15) is 0 Å². The molecule has 2 amide bonds. The van der Waals surface area contributed by atoms with Crippen LogP contribution in [-0.4, -0.2) is 43.3 Å². The minimum Gasteiger partial charge on any atom is -0.478 e. The molecule has 7 nitrogen and oxygen atoms in total. The maximum absolute atomic E-state index is 12.8. The molecular formula is C28H26N2O5. The number of hydrogen-bond acceptors (Lipinski definition) is 4. The summed E-state index contributed by atoms with van der Waals surface area (Å²) in [6, 6.07) is 22.6. The number of aromatic carboxylic acids is 1. The van der Waals surface area contributed by atoms with E-state index in [0.29, 0.717) is 18.7 Å². The zero-order valence-electron chi connectivity index (χ0n) is 19.3. The number of carboxylic acids is 1. The Bertz CT molecular complexity index is 1240. The van der Waals surface area contributed by atoms with Crippen molar-refractivity contribution in [2.75, 3.05) is 25.1 Å². The highest BCUT2D eigenvalue weighted by molar-refractivity contribution is 5.97. The third-order valence-corrected chi connectivity index (χ3v) is 6.92. The lowest BCUT2D eigenvalue weighted by Gasteiger charge is -2.18. The summed E-state index contributed by atoms with van der Waals surface area (Å²) in [6.07, 6.45) is 0.211. The van der Waals surface area contributed by atoms with Crippen LogP contribution in [-0.2, 0) is 9.53 Å². The highest BCUT2D eigenvalue weighted by Gasteiger charge is 2.44. The molecule has 0 bridgehead atoms. The summed E-state index contributed by atoms with van der Waals surface area (Å²) < 4.78 is 5.57. The summed E-state index contributed by atoms with van der Waals surface area (Å²) in [6.45, 7) is 0.626. The van der Waals surface area contributed by atoms with Crippen molar-refractivity contribution in [1.29, 1.82) is 0 Å². The van der Waals surface area contributed by atoms with Crippen molar-refractivity contribution in [1.82, 2.24) is 5.32 Å². The Morgan fingerprint density at radius 3 is 2.14 bits per heavy atom. The molecule has 0 spiro atoms. The lowest BCUT2D eigenvalue weighted by atomic mass is 9.98. The number of nitrogens with one attached hydrogen (secondary N) is 1. The van der Waals surface area contributed by atoms with E-state index in [1.165, 1.54) is 28.2 Å². The van der Waals surface area contributed by atoms with E-state index in [9.17, 15) is 14.4 Å². The van der Waals surface area contributed by atoms with E-state index in [-0.39, 0.29) is 35.8 Å². The first-order valence-corrected chi connectivity index (χ1v) is 11.6. The Morgan fingerprint density at radius 2 is 1.54 bits per heavy atom. The van der Waals surface area contributed by atoms with Gasteiger partial charge in [0, 0.05) is 31.1 Å². The second-order valence-electron chi connectivity index (χ2n) is 9.06. The van der Waals surface area contributed by atoms with Gasteiger partial charge in [-0.05, 0) is 58.9 Å². The van der Waals surface area contributed by atoms with Crippen molar-refractivity contribution < 1.29 is 24.2 Å². The number of fused-ring (bicyclic) bond motifs is 3. The van der Waals surface area contributed by atoms with Crippen molar-refractivity contribution in [3.63, 3.8) is 0 Å². The predicted molar refractivity (Wildman–Crippen MR) is 131 cm³/mol. The lowest BCUT2D eigenvalue weighted by Crippen LogP contribution is -2.31. The molecule has 178 valence electrons. The highest BCUT2D eigenvalue weighted by Crippen LogP contribution is 2.44. The molecule has 2 N–H and O–H groups in total. The molecule has 1 fully saturated rings. The standard InChI is InChI=1S/C28H26N2O5/c1-30(19-12-10-17(11-13-19)27(32)33)26(31)24-14-18(24)15-29-28(34)35-16-25-22-8-4-2-6-20(22)21-7-3-5-9-23(21)25/h2-13,18,24-25H,14-16H2,1H3,(H,29,34)(H,32,33). The fourth-order valence-corrected chi connectivity index (χ4v) is 4.84. The number of amides is 2. The zero-order chi connectivity index (χ0) is 24.5. The van der Waals surface area contributed by atoms with Gasteiger partial charge >= 0.3 is 12.1 Å². The van der Waals surface area contributed by atoms with Gasteiger partial charge in [-0.15, -0.1) is 0 Å². The number of carboxylic acid groups (broad SMARTS) is 1. The van der Waals surface area contributed by atoms with E-state index in [4.69, 9.17) is 9.84 Å². The first-order chi connectivity index (χ1) is 16.9. The minimum absolute atomic E-state index is 0.00423. The quantitative estimate of drug-likeness (QED) is 0.529. The third kappa shape index (κ3) is 4.49. The molecule has 2 aliphatic carbocycles. The van der Waals surface area contributed by atoms with Crippen LogP contribution in [0.15, 0.2) is 72.8 Å². The van der Waals surface area contributed by atoms with Crippen LogP contribution in [0.3, 0.4) is 0 Å². The van der Waals surface area contributed by atoms with Crippen molar-refractivity contribution in [2.45, 2.75) is 12.3 Å². The van der Waals surface area contributed by atoms with Crippen LogP contribution in [0, 0.1) is 11.8 Å². The van der Waals surface area contributed by atoms with Crippen LogP contribution in [0.4, 0.5) is 10.5 Å². The molecule has 3 aromatic carbocycles. The number of carbonyl (C=O) groups is 3. The van der Waals surface area contributed by atoms with Gasteiger partial charge in [0.2, 0.25) is 5.91 Å². The van der Waals surface area contributed by atoms with Crippen LogP contribution in [0.25, 0.3) is 11.1 Å². The maximum atomic E-state index is 12.8. The predicted octanol–water partition coefficient (Wildman–Crippen LogP) is 4.52. The number of nitrogens with zero attached hydrogens (tertiary/aromatic N) is 1. The van der Waals surface area contributed by atoms with Crippen molar-refractivity contribution in [2.24, 2.45) is 11.8 Å². The Kier molecular flexibility index (Phi) is 5.99. The SMILES string of the molecule is CN(C(=O)C1CC1CNC(=O)OCC1c2ccccc2-c2ccccc21)c1ccc(C(=O)O)cc1. The largest absolute Gasteiger partial charge is 0.478 e. The van der Waals surface area contributed by atoms with Gasteiger partial charge in [0.1, 0.15) is 6.61 Å². The van der Waals surface area contributed by atoms with Gasteiger partial charge in [-0.25, -0.2) is 9.59 Å². The second kappa shape index (κ2) is 9.25. The molecule has 0 radical (unpaired) electrons. The third-order valence-electron chi connectivity index (χ3n) is 6.92.